The first-order valence-corrected chi connectivity index (χ1v) is 4.11. The second-order valence-electron chi connectivity index (χ2n) is 2.62. The molecule has 14 heavy (non-hydrogen) atoms. The number of nitrogens with zero attached hydrogens (tertiary/aromatic N) is 3. The Bertz CT molecular complexity index is 515. The van der Waals surface area contributed by atoms with E-state index in [2.05, 4.69) is 9.97 Å². The van der Waals surface area contributed by atoms with E-state index >= 15 is 0 Å². The van der Waals surface area contributed by atoms with E-state index in [1.165, 1.54) is 18.5 Å². The van der Waals surface area contributed by atoms with Gasteiger partial charge in [-0.15, -0.1) is 0 Å². The van der Waals surface area contributed by atoms with Crippen LogP contribution in [0.5, 0.6) is 0 Å². The van der Waals surface area contributed by atoms with Crippen molar-refractivity contribution in [3.05, 3.63) is 39.8 Å². The summed E-state index contributed by atoms with van der Waals surface area (Å²) in [4.78, 5) is 17.6. The molecule has 0 aliphatic rings. The van der Waals surface area contributed by atoms with Gasteiger partial charge in [0.2, 0.25) is 0 Å². The van der Waals surface area contributed by atoms with Crippen molar-refractivity contribution < 1.29 is 4.92 Å². The molecule has 70 valence electrons. The molecule has 0 aliphatic heterocycles. The van der Waals surface area contributed by atoms with Crippen LogP contribution in [0.15, 0.2) is 24.5 Å². The molecule has 2 aromatic heterocycles. The lowest BCUT2D eigenvalue weighted by atomic mass is 10.2. The Labute approximate surface area is 83.5 Å². The van der Waals surface area contributed by atoms with Crippen molar-refractivity contribution in [2.75, 3.05) is 0 Å². The first-order chi connectivity index (χ1) is 6.68. The lowest BCUT2D eigenvalue weighted by Gasteiger charge is -1.97. The van der Waals surface area contributed by atoms with Crippen LogP contribution in [0.25, 0.3) is 10.9 Å². The first-order valence-electron chi connectivity index (χ1n) is 3.73. The number of hydrogen-bond acceptors (Lipinski definition) is 4. The number of halogens is 1. The molecule has 2 aromatic rings. The Hall–Kier alpha value is -1.75. The van der Waals surface area contributed by atoms with Crippen LogP contribution in [-0.4, -0.2) is 14.9 Å². The van der Waals surface area contributed by atoms with Gasteiger partial charge in [-0.1, -0.05) is 11.6 Å². The number of fused-ring (bicyclic) bond motifs is 1. The van der Waals surface area contributed by atoms with Crippen molar-refractivity contribution in [1.29, 1.82) is 0 Å². The maximum absolute atomic E-state index is 10.5. The van der Waals surface area contributed by atoms with Gasteiger partial charge in [0, 0.05) is 17.6 Å². The number of rotatable bonds is 1. The summed E-state index contributed by atoms with van der Waals surface area (Å²) in [5, 5.41) is 11.2. The molecule has 0 bridgehead atoms. The second-order valence-corrected chi connectivity index (χ2v) is 2.98. The van der Waals surface area contributed by atoms with E-state index in [0.717, 1.165) is 0 Å². The highest BCUT2D eigenvalue weighted by molar-refractivity contribution is 6.34. The van der Waals surface area contributed by atoms with Gasteiger partial charge in [-0.3, -0.25) is 10.1 Å². The van der Waals surface area contributed by atoms with E-state index in [1.807, 2.05) is 0 Å². The minimum atomic E-state index is -0.518. The highest BCUT2D eigenvalue weighted by Crippen LogP contribution is 2.22. The predicted molar refractivity (Wildman–Crippen MR) is 51.2 cm³/mol. The molecule has 0 fully saturated rings. The largest absolute Gasteiger partial charge is 0.288 e. The third kappa shape index (κ3) is 1.38. The molecule has 0 unspecified atom stereocenters. The van der Waals surface area contributed by atoms with Gasteiger partial charge < -0.3 is 0 Å². The van der Waals surface area contributed by atoms with Gasteiger partial charge in [0.1, 0.15) is 11.3 Å². The quantitative estimate of drug-likeness (QED) is 0.410. The summed E-state index contributed by atoms with van der Waals surface area (Å²) in [6.45, 7) is 0. The molecule has 0 atom stereocenters. The average Bonchev–Trinajstić information content (AvgIpc) is 2.18. The van der Waals surface area contributed by atoms with E-state index in [0.29, 0.717) is 10.9 Å². The molecule has 0 aromatic carbocycles. The Morgan fingerprint density at radius 1 is 1.43 bits per heavy atom. The van der Waals surface area contributed by atoms with E-state index in [4.69, 9.17) is 11.6 Å². The molecule has 0 aliphatic carbocycles. The maximum Gasteiger partial charge on any atom is 0.288 e. The normalized spacial score (nSPS) is 10.4. The Morgan fingerprint density at radius 3 is 2.93 bits per heavy atom. The Balaban J connectivity index is 2.76. The smallest absolute Gasteiger partial charge is 0.258 e. The van der Waals surface area contributed by atoms with Gasteiger partial charge in [-0.25, -0.2) is 9.97 Å². The van der Waals surface area contributed by atoms with Crippen LogP contribution < -0.4 is 0 Å². The fourth-order valence-corrected chi connectivity index (χ4v) is 1.31. The van der Waals surface area contributed by atoms with Crippen LogP contribution in [0.3, 0.4) is 0 Å². The van der Waals surface area contributed by atoms with Crippen molar-refractivity contribution in [2.45, 2.75) is 0 Å². The van der Waals surface area contributed by atoms with Crippen molar-refractivity contribution in [2.24, 2.45) is 0 Å². The molecule has 0 spiro atoms. The molecule has 5 nitrogen and oxygen atoms in total. The third-order valence-electron chi connectivity index (χ3n) is 1.76. The summed E-state index contributed by atoms with van der Waals surface area (Å²) in [6.07, 6.45) is 2.70. The number of aromatic nitrogens is 2. The molecule has 0 amide bonds. The van der Waals surface area contributed by atoms with Gasteiger partial charge in [0.25, 0.3) is 5.69 Å². The SMILES string of the molecule is O=[N+]([O-])c1cnc2ccnc(Cl)c2c1. The Kier molecular flexibility index (Phi) is 2.01. The zero-order valence-electron chi connectivity index (χ0n) is 6.85. The van der Waals surface area contributed by atoms with Crippen LogP contribution in [0, 0.1) is 10.1 Å². The van der Waals surface area contributed by atoms with Gasteiger partial charge in [0.15, 0.2) is 0 Å². The van der Waals surface area contributed by atoms with Crippen LogP contribution in [0.1, 0.15) is 0 Å². The first kappa shape index (κ1) is 8.83. The van der Waals surface area contributed by atoms with Crippen molar-refractivity contribution in [1.82, 2.24) is 9.97 Å². The minimum Gasteiger partial charge on any atom is -0.258 e. The maximum atomic E-state index is 10.5. The molecule has 0 saturated heterocycles. The van der Waals surface area contributed by atoms with E-state index in [9.17, 15) is 10.1 Å². The highest BCUT2D eigenvalue weighted by atomic mass is 35.5. The van der Waals surface area contributed by atoms with Crippen LogP contribution in [0.2, 0.25) is 5.15 Å². The van der Waals surface area contributed by atoms with Gasteiger partial charge in [-0.2, -0.15) is 0 Å². The third-order valence-corrected chi connectivity index (χ3v) is 2.06. The molecule has 6 heteroatoms. The second kappa shape index (κ2) is 3.19. The summed E-state index contributed by atoms with van der Waals surface area (Å²) >= 11 is 5.76. The van der Waals surface area contributed by atoms with Crippen LogP contribution in [-0.2, 0) is 0 Å². The predicted octanol–water partition coefficient (Wildman–Crippen LogP) is 2.19. The fraction of sp³-hybridized carbons (Fsp3) is 0. The van der Waals surface area contributed by atoms with Crippen molar-refractivity contribution in [3.63, 3.8) is 0 Å². The Morgan fingerprint density at radius 2 is 2.21 bits per heavy atom. The van der Waals surface area contributed by atoms with E-state index in [1.54, 1.807) is 6.07 Å². The van der Waals surface area contributed by atoms with Crippen molar-refractivity contribution >= 4 is 28.2 Å². The molecule has 0 saturated carbocycles. The average molecular weight is 210 g/mol. The van der Waals surface area contributed by atoms with Crippen LogP contribution in [0.4, 0.5) is 5.69 Å². The molecule has 2 rings (SSSR count). The van der Waals surface area contributed by atoms with E-state index < -0.39 is 4.92 Å². The van der Waals surface area contributed by atoms with Gasteiger partial charge in [-0.05, 0) is 6.07 Å². The summed E-state index contributed by atoms with van der Waals surface area (Å²) < 4.78 is 0. The zero-order chi connectivity index (χ0) is 10.1. The molecular weight excluding hydrogens is 206 g/mol. The highest BCUT2D eigenvalue weighted by Gasteiger charge is 2.09. The van der Waals surface area contributed by atoms with Crippen LogP contribution >= 0.6 is 11.6 Å². The summed E-state index contributed by atoms with van der Waals surface area (Å²) in [7, 11) is 0. The standard InChI is InChI=1S/C8H4ClN3O2/c9-8-6-3-5(12(13)14)4-11-7(6)1-2-10-8/h1-4H. The van der Waals surface area contributed by atoms with Gasteiger partial charge in [0.05, 0.1) is 10.4 Å². The summed E-state index contributed by atoms with van der Waals surface area (Å²) in [6, 6.07) is 3.00. The lowest BCUT2D eigenvalue weighted by molar-refractivity contribution is -0.385. The summed E-state index contributed by atoms with van der Waals surface area (Å²) in [5.41, 5.74) is 0.503. The minimum absolute atomic E-state index is 0.0904. The fourth-order valence-electron chi connectivity index (χ4n) is 1.11. The van der Waals surface area contributed by atoms with Gasteiger partial charge >= 0.3 is 0 Å². The number of hydrogen-bond donors (Lipinski definition) is 0. The molecule has 2 heterocycles. The molecular formula is C8H4ClN3O2. The molecule has 0 N–H and O–H groups in total. The topological polar surface area (TPSA) is 68.9 Å². The van der Waals surface area contributed by atoms with E-state index in [-0.39, 0.29) is 10.8 Å². The van der Waals surface area contributed by atoms with Crippen molar-refractivity contribution in [3.8, 4) is 0 Å². The monoisotopic (exact) mass is 209 g/mol. The number of nitro groups is 1. The number of pyridine rings is 2. The molecule has 0 radical (unpaired) electrons. The lowest BCUT2D eigenvalue weighted by Crippen LogP contribution is -1.90. The zero-order valence-corrected chi connectivity index (χ0v) is 7.60. The summed E-state index contributed by atoms with van der Waals surface area (Å²) in [5.74, 6) is 0.